The standard InChI is InChI=1S/C17H15F2NO4/c1-10(24-14-4-2-11(18)8-13(14)19)17(21)20-12-3-5-15-16(9-12)23-7-6-22-15/h2-5,8-10H,6-7H2,1H3,(H,20,21)/t10-/m0/s1. The molecule has 0 saturated carbocycles. The molecule has 0 radical (unpaired) electrons. The van der Waals surface area contributed by atoms with Gasteiger partial charge in [0.15, 0.2) is 29.2 Å². The molecule has 0 bridgehead atoms. The van der Waals surface area contributed by atoms with Gasteiger partial charge in [-0.25, -0.2) is 8.78 Å². The van der Waals surface area contributed by atoms with Crippen molar-refractivity contribution in [2.45, 2.75) is 13.0 Å². The molecule has 0 saturated heterocycles. The van der Waals surface area contributed by atoms with E-state index in [1.54, 1.807) is 18.2 Å². The van der Waals surface area contributed by atoms with Crippen molar-refractivity contribution in [1.29, 1.82) is 0 Å². The quantitative estimate of drug-likeness (QED) is 0.933. The first-order chi connectivity index (χ1) is 11.5. The lowest BCUT2D eigenvalue weighted by Gasteiger charge is -2.20. The van der Waals surface area contributed by atoms with Gasteiger partial charge < -0.3 is 19.5 Å². The first kappa shape index (κ1) is 16.0. The Bertz CT molecular complexity index is 766. The minimum Gasteiger partial charge on any atom is -0.486 e. The number of hydrogen-bond acceptors (Lipinski definition) is 4. The predicted molar refractivity (Wildman–Crippen MR) is 82.5 cm³/mol. The van der Waals surface area contributed by atoms with E-state index < -0.39 is 23.6 Å². The molecule has 126 valence electrons. The van der Waals surface area contributed by atoms with Crippen molar-refractivity contribution < 1.29 is 27.8 Å². The molecule has 1 atom stereocenters. The Balaban J connectivity index is 1.65. The molecule has 1 amide bonds. The summed E-state index contributed by atoms with van der Waals surface area (Å²) in [5.74, 6) is -1.10. The molecule has 0 aliphatic carbocycles. The van der Waals surface area contributed by atoms with Crippen molar-refractivity contribution >= 4 is 11.6 Å². The van der Waals surface area contributed by atoms with Crippen LogP contribution in [0.5, 0.6) is 17.2 Å². The second-order valence-electron chi connectivity index (χ2n) is 5.18. The molecule has 0 aromatic heterocycles. The summed E-state index contributed by atoms with van der Waals surface area (Å²) in [7, 11) is 0. The summed E-state index contributed by atoms with van der Waals surface area (Å²) >= 11 is 0. The van der Waals surface area contributed by atoms with E-state index in [4.69, 9.17) is 14.2 Å². The average Bonchev–Trinajstić information content (AvgIpc) is 2.57. The normalized spacial score (nSPS) is 14.0. The zero-order valence-corrected chi connectivity index (χ0v) is 12.8. The van der Waals surface area contributed by atoms with Crippen molar-refractivity contribution in [3.8, 4) is 17.2 Å². The highest BCUT2D eigenvalue weighted by Crippen LogP contribution is 2.32. The number of benzene rings is 2. The summed E-state index contributed by atoms with van der Waals surface area (Å²) in [4.78, 5) is 12.2. The number of fused-ring (bicyclic) bond motifs is 1. The van der Waals surface area contributed by atoms with Gasteiger partial charge in [-0.15, -0.1) is 0 Å². The van der Waals surface area contributed by atoms with Crippen LogP contribution in [0.4, 0.5) is 14.5 Å². The highest BCUT2D eigenvalue weighted by atomic mass is 19.1. The van der Waals surface area contributed by atoms with Crippen LogP contribution >= 0.6 is 0 Å². The SMILES string of the molecule is C[C@H](Oc1ccc(F)cc1F)C(=O)Nc1ccc2c(c1)OCCO2. The van der Waals surface area contributed by atoms with Crippen LogP contribution in [0.15, 0.2) is 36.4 Å². The van der Waals surface area contributed by atoms with Crippen molar-refractivity contribution in [2.24, 2.45) is 0 Å². The number of rotatable bonds is 4. The third-order valence-corrected chi connectivity index (χ3v) is 3.38. The summed E-state index contributed by atoms with van der Waals surface area (Å²) in [5.41, 5.74) is 0.499. The van der Waals surface area contributed by atoms with E-state index in [9.17, 15) is 13.6 Å². The van der Waals surface area contributed by atoms with E-state index in [0.29, 0.717) is 36.5 Å². The molecule has 3 rings (SSSR count). The fourth-order valence-corrected chi connectivity index (χ4v) is 2.18. The Morgan fingerprint density at radius 1 is 1.12 bits per heavy atom. The second-order valence-corrected chi connectivity index (χ2v) is 5.18. The van der Waals surface area contributed by atoms with Crippen LogP contribution < -0.4 is 19.5 Å². The van der Waals surface area contributed by atoms with Crippen LogP contribution in [0.3, 0.4) is 0 Å². The number of anilines is 1. The largest absolute Gasteiger partial charge is 0.486 e. The number of carbonyl (C=O) groups is 1. The number of carbonyl (C=O) groups excluding carboxylic acids is 1. The lowest BCUT2D eigenvalue weighted by atomic mass is 10.2. The molecule has 0 spiro atoms. The van der Waals surface area contributed by atoms with Gasteiger partial charge in [-0.2, -0.15) is 0 Å². The van der Waals surface area contributed by atoms with Crippen LogP contribution in [0.1, 0.15) is 6.92 Å². The van der Waals surface area contributed by atoms with E-state index in [-0.39, 0.29) is 5.75 Å². The van der Waals surface area contributed by atoms with Gasteiger partial charge in [-0.1, -0.05) is 0 Å². The molecular weight excluding hydrogens is 320 g/mol. The number of nitrogens with one attached hydrogen (secondary N) is 1. The van der Waals surface area contributed by atoms with Crippen LogP contribution in [0.2, 0.25) is 0 Å². The first-order valence-corrected chi connectivity index (χ1v) is 7.35. The van der Waals surface area contributed by atoms with Crippen LogP contribution in [-0.4, -0.2) is 25.2 Å². The van der Waals surface area contributed by atoms with Gasteiger partial charge in [-0.05, 0) is 31.2 Å². The Hall–Kier alpha value is -2.83. The van der Waals surface area contributed by atoms with Crippen LogP contribution in [-0.2, 0) is 4.79 Å². The Kier molecular flexibility index (Phi) is 4.50. The van der Waals surface area contributed by atoms with Crippen molar-refractivity contribution in [3.63, 3.8) is 0 Å². The van der Waals surface area contributed by atoms with Gasteiger partial charge in [0.1, 0.15) is 19.0 Å². The van der Waals surface area contributed by atoms with Gasteiger partial charge in [0.25, 0.3) is 5.91 Å². The van der Waals surface area contributed by atoms with E-state index >= 15 is 0 Å². The first-order valence-electron chi connectivity index (χ1n) is 7.35. The molecule has 1 aliphatic rings. The minimum atomic E-state index is -0.974. The van der Waals surface area contributed by atoms with Crippen molar-refractivity contribution in [2.75, 3.05) is 18.5 Å². The van der Waals surface area contributed by atoms with Crippen molar-refractivity contribution in [3.05, 3.63) is 48.0 Å². The lowest BCUT2D eigenvalue weighted by molar-refractivity contribution is -0.122. The predicted octanol–water partition coefficient (Wildman–Crippen LogP) is 3.14. The maximum atomic E-state index is 13.6. The second kappa shape index (κ2) is 6.74. The average molecular weight is 335 g/mol. The Morgan fingerprint density at radius 3 is 2.62 bits per heavy atom. The molecule has 24 heavy (non-hydrogen) atoms. The summed E-state index contributed by atoms with van der Waals surface area (Å²) < 4.78 is 42.5. The summed E-state index contributed by atoms with van der Waals surface area (Å²) in [6, 6.07) is 7.88. The molecule has 2 aromatic rings. The molecule has 0 unspecified atom stereocenters. The maximum absolute atomic E-state index is 13.6. The third-order valence-electron chi connectivity index (χ3n) is 3.38. The monoisotopic (exact) mass is 335 g/mol. The smallest absolute Gasteiger partial charge is 0.265 e. The molecular formula is C17H15F2NO4. The fraction of sp³-hybridized carbons (Fsp3) is 0.235. The van der Waals surface area contributed by atoms with Gasteiger partial charge in [-0.3, -0.25) is 4.79 Å². The van der Waals surface area contributed by atoms with Crippen molar-refractivity contribution in [1.82, 2.24) is 0 Å². The maximum Gasteiger partial charge on any atom is 0.265 e. The van der Waals surface area contributed by atoms with Crippen LogP contribution in [0, 0.1) is 11.6 Å². The third kappa shape index (κ3) is 3.56. The molecule has 1 heterocycles. The summed E-state index contributed by atoms with van der Waals surface area (Å²) in [5, 5.41) is 2.65. The zero-order chi connectivity index (χ0) is 17.1. The number of halogens is 2. The molecule has 2 aromatic carbocycles. The zero-order valence-electron chi connectivity index (χ0n) is 12.8. The molecule has 1 aliphatic heterocycles. The summed E-state index contributed by atoms with van der Waals surface area (Å²) in [6.45, 7) is 2.39. The lowest BCUT2D eigenvalue weighted by Crippen LogP contribution is -2.30. The Morgan fingerprint density at radius 2 is 1.88 bits per heavy atom. The van der Waals surface area contributed by atoms with Gasteiger partial charge in [0.2, 0.25) is 0 Å². The number of hydrogen-bond donors (Lipinski definition) is 1. The molecule has 5 nitrogen and oxygen atoms in total. The highest BCUT2D eigenvalue weighted by Gasteiger charge is 2.18. The van der Waals surface area contributed by atoms with E-state index in [0.717, 1.165) is 12.1 Å². The van der Waals surface area contributed by atoms with Gasteiger partial charge >= 0.3 is 0 Å². The Labute approximate surface area is 137 Å². The van der Waals surface area contributed by atoms with Crippen LogP contribution in [0.25, 0.3) is 0 Å². The topological polar surface area (TPSA) is 56.8 Å². The van der Waals surface area contributed by atoms with E-state index in [2.05, 4.69) is 5.32 Å². The fourth-order valence-electron chi connectivity index (χ4n) is 2.18. The van der Waals surface area contributed by atoms with Gasteiger partial charge in [0, 0.05) is 17.8 Å². The van der Waals surface area contributed by atoms with Gasteiger partial charge in [0.05, 0.1) is 0 Å². The van der Waals surface area contributed by atoms with E-state index in [1.165, 1.54) is 6.92 Å². The highest BCUT2D eigenvalue weighted by molar-refractivity contribution is 5.94. The molecule has 0 fully saturated rings. The van der Waals surface area contributed by atoms with E-state index in [1.807, 2.05) is 0 Å². The number of ether oxygens (including phenoxy) is 3. The molecule has 7 heteroatoms. The minimum absolute atomic E-state index is 0.193. The molecule has 1 N–H and O–H groups in total. The number of amides is 1. The summed E-state index contributed by atoms with van der Waals surface area (Å²) in [6.07, 6.45) is -0.974.